The summed E-state index contributed by atoms with van der Waals surface area (Å²) in [7, 11) is 0. The lowest BCUT2D eigenvalue weighted by Gasteiger charge is -2.27. The van der Waals surface area contributed by atoms with Crippen LogP contribution in [0.3, 0.4) is 0 Å². The van der Waals surface area contributed by atoms with Gasteiger partial charge in [-0.2, -0.15) is 5.26 Å². The minimum absolute atomic E-state index is 0.624. The van der Waals surface area contributed by atoms with E-state index in [4.69, 9.17) is 10.3 Å². The maximum atomic E-state index is 8.87. The van der Waals surface area contributed by atoms with Crippen molar-refractivity contribution < 1.29 is 0 Å². The smallest absolute Gasteiger partial charge is 0.194 e. The predicted molar refractivity (Wildman–Crippen MR) is 98.9 cm³/mol. The van der Waals surface area contributed by atoms with E-state index in [0.29, 0.717) is 18.2 Å². The maximum Gasteiger partial charge on any atom is 0.194 e. The monoisotopic (exact) mass is 327 g/mol. The van der Waals surface area contributed by atoms with E-state index in [1.165, 1.54) is 6.42 Å². The average molecular weight is 327 g/mol. The van der Waals surface area contributed by atoms with Crippen molar-refractivity contribution >= 4 is 5.96 Å². The number of rotatable bonds is 6. The average Bonchev–Trinajstić information content (AvgIpc) is 3.10. The van der Waals surface area contributed by atoms with Gasteiger partial charge in [-0.25, -0.2) is 4.99 Å². The van der Waals surface area contributed by atoms with Gasteiger partial charge in [-0.3, -0.25) is 4.90 Å². The molecule has 0 amide bonds. The lowest BCUT2D eigenvalue weighted by Crippen LogP contribution is -2.43. The van der Waals surface area contributed by atoms with Gasteiger partial charge in [-0.15, -0.1) is 0 Å². The van der Waals surface area contributed by atoms with Gasteiger partial charge in [-0.1, -0.05) is 26.0 Å². The number of nitrogens with zero attached hydrogens (tertiary/aromatic N) is 4. The summed E-state index contributed by atoms with van der Waals surface area (Å²) in [4.78, 5) is 9.70. The number of hydrogen-bond donors (Lipinski definition) is 1. The Hall–Kier alpha value is -2.06. The molecular weight excluding hydrogens is 298 g/mol. The van der Waals surface area contributed by atoms with E-state index in [1.54, 1.807) is 0 Å². The zero-order chi connectivity index (χ0) is 17.4. The molecule has 0 radical (unpaired) electrons. The highest BCUT2D eigenvalue weighted by Crippen LogP contribution is 2.16. The van der Waals surface area contributed by atoms with Crippen molar-refractivity contribution in [2.75, 3.05) is 32.7 Å². The number of aliphatic imine (C=N–C) groups is 1. The number of nitrogens with one attached hydrogen (secondary N) is 1. The van der Waals surface area contributed by atoms with Gasteiger partial charge in [0, 0.05) is 25.7 Å². The number of benzene rings is 1. The molecule has 1 N–H and O–H groups in total. The van der Waals surface area contributed by atoms with E-state index in [9.17, 15) is 0 Å². The number of likely N-dealkylation sites (N-methyl/N-ethyl adjacent to an activating group) is 1. The maximum absolute atomic E-state index is 8.87. The highest BCUT2D eigenvalue weighted by atomic mass is 15.3. The van der Waals surface area contributed by atoms with Gasteiger partial charge in [-0.05, 0) is 44.1 Å². The minimum Gasteiger partial charge on any atom is -0.357 e. The zero-order valence-corrected chi connectivity index (χ0v) is 15.1. The van der Waals surface area contributed by atoms with Crippen LogP contribution in [0.2, 0.25) is 0 Å². The van der Waals surface area contributed by atoms with Crippen LogP contribution in [0, 0.1) is 11.3 Å². The summed E-state index contributed by atoms with van der Waals surface area (Å²) in [5.74, 6) is 0.997. The summed E-state index contributed by atoms with van der Waals surface area (Å²) in [6.45, 7) is 12.4. The minimum atomic E-state index is 0.624. The number of likely N-dealkylation sites (tertiary alicyclic amines) is 1. The molecule has 1 aliphatic rings. The van der Waals surface area contributed by atoms with E-state index >= 15 is 0 Å². The number of nitriles is 1. The largest absolute Gasteiger partial charge is 0.357 e. The zero-order valence-electron chi connectivity index (χ0n) is 15.1. The van der Waals surface area contributed by atoms with Gasteiger partial charge >= 0.3 is 0 Å². The fourth-order valence-corrected chi connectivity index (χ4v) is 3.25. The van der Waals surface area contributed by atoms with E-state index < -0.39 is 0 Å². The summed E-state index contributed by atoms with van der Waals surface area (Å²) >= 11 is 0. The van der Waals surface area contributed by atoms with Gasteiger partial charge in [0.25, 0.3) is 0 Å². The Morgan fingerprint density at radius 1 is 1.29 bits per heavy atom. The summed E-state index contributed by atoms with van der Waals surface area (Å²) < 4.78 is 0. The lowest BCUT2D eigenvalue weighted by molar-refractivity contribution is 0.223. The molecule has 0 spiro atoms. The molecule has 1 heterocycles. The first-order valence-corrected chi connectivity index (χ1v) is 8.98. The van der Waals surface area contributed by atoms with E-state index in [-0.39, 0.29) is 0 Å². The predicted octanol–water partition coefficient (Wildman–Crippen LogP) is 2.44. The standard InChI is InChI=1S/C19H29N5/c1-4-21-19(22-14-17-9-7-16(13-20)8-10-17)24-12-11-18(15-24)23(5-2)6-3/h7-10,18H,4-6,11-12,14-15H2,1-3H3,(H,21,22). The van der Waals surface area contributed by atoms with Gasteiger partial charge in [0.15, 0.2) is 5.96 Å². The van der Waals surface area contributed by atoms with Crippen molar-refractivity contribution in [3.8, 4) is 6.07 Å². The molecule has 0 aliphatic carbocycles. The SMILES string of the molecule is CCNC(=NCc1ccc(C#N)cc1)N1CCC(N(CC)CC)C1. The molecule has 24 heavy (non-hydrogen) atoms. The van der Waals surface area contributed by atoms with Gasteiger partial charge in [0.2, 0.25) is 0 Å². The van der Waals surface area contributed by atoms with Crippen LogP contribution < -0.4 is 5.32 Å². The second kappa shape index (κ2) is 9.29. The Bertz CT molecular complexity index is 568. The Morgan fingerprint density at radius 2 is 2.00 bits per heavy atom. The van der Waals surface area contributed by atoms with Gasteiger partial charge in [0.1, 0.15) is 0 Å². The summed E-state index contributed by atoms with van der Waals surface area (Å²) in [5, 5.41) is 12.3. The van der Waals surface area contributed by atoms with Gasteiger partial charge < -0.3 is 10.2 Å². The topological polar surface area (TPSA) is 54.7 Å². The summed E-state index contributed by atoms with van der Waals surface area (Å²) in [5.41, 5.74) is 1.82. The van der Waals surface area contributed by atoms with E-state index in [0.717, 1.165) is 44.2 Å². The number of guanidine groups is 1. The van der Waals surface area contributed by atoms with Crippen molar-refractivity contribution in [3.63, 3.8) is 0 Å². The molecule has 1 aromatic rings. The third-order valence-corrected chi connectivity index (χ3v) is 4.62. The molecule has 130 valence electrons. The van der Waals surface area contributed by atoms with E-state index in [1.807, 2.05) is 24.3 Å². The van der Waals surface area contributed by atoms with Crippen molar-refractivity contribution in [1.29, 1.82) is 5.26 Å². The molecule has 0 bridgehead atoms. The highest BCUT2D eigenvalue weighted by molar-refractivity contribution is 5.80. The van der Waals surface area contributed by atoms with Crippen molar-refractivity contribution in [2.24, 2.45) is 4.99 Å². The van der Waals surface area contributed by atoms with Crippen LogP contribution in [-0.4, -0.2) is 54.5 Å². The van der Waals surface area contributed by atoms with Gasteiger partial charge in [0.05, 0.1) is 18.2 Å². The van der Waals surface area contributed by atoms with Crippen LogP contribution in [-0.2, 0) is 6.54 Å². The molecule has 1 saturated heterocycles. The molecule has 5 nitrogen and oxygen atoms in total. The second-order valence-corrected chi connectivity index (χ2v) is 6.09. The lowest BCUT2D eigenvalue weighted by atomic mass is 10.1. The molecule has 2 rings (SSSR count). The fraction of sp³-hybridized carbons (Fsp3) is 0.579. The molecular formula is C19H29N5. The van der Waals surface area contributed by atoms with E-state index in [2.05, 4.69) is 42.0 Å². The summed E-state index contributed by atoms with van der Waals surface area (Å²) in [6.07, 6.45) is 1.20. The molecule has 0 saturated carbocycles. The van der Waals surface area contributed by atoms with Crippen LogP contribution in [0.5, 0.6) is 0 Å². The molecule has 1 aliphatic heterocycles. The Labute approximate surface area is 146 Å². The Balaban J connectivity index is 2.01. The first-order chi connectivity index (χ1) is 11.7. The normalized spacial score (nSPS) is 18.0. The quantitative estimate of drug-likeness (QED) is 0.644. The van der Waals surface area contributed by atoms with Crippen LogP contribution >= 0.6 is 0 Å². The van der Waals surface area contributed by atoms with Crippen LogP contribution in [0.1, 0.15) is 38.3 Å². The second-order valence-electron chi connectivity index (χ2n) is 6.09. The Morgan fingerprint density at radius 3 is 2.58 bits per heavy atom. The fourth-order valence-electron chi connectivity index (χ4n) is 3.25. The van der Waals surface area contributed by atoms with Crippen molar-refractivity contribution in [3.05, 3.63) is 35.4 Å². The third-order valence-electron chi connectivity index (χ3n) is 4.62. The van der Waals surface area contributed by atoms with Crippen molar-refractivity contribution in [1.82, 2.24) is 15.1 Å². The molecule has 5 heteroatoms. The first kappa shape index (κ1) is 18.3. The molecule has 1 fully saturated rings. The summed E-state index contributed by atoms with van der Waals surface area (Å²) in [6, 6.07) is 10.4. The van der Waals surface area contributed by atoms with Crippen LogP contribution in [0.15, 0.2) is 29.3 Å². The van der Waals surface area contributed by atoms with Crippen molar-refractivity contribution in [2.45, 2.75) is 39.8 Å². The number of hydrogen-bond acceptors (Lipinski definition) is 3. The molecule has 1 atom stereocenters. The van der Waals surface area contributed by atoms with Crippen LogP contribution in [0.4, 0.5) is 0 Å². The first-order valence-electron chi connectivity index (χ1n) is 8.98. The molecule has 0 aromatic heterocycles. The molecule has 1 unspecified atom stereocenters. The Kier molecular flexibility index (Phi) is 7.07. The van der Waals surface area contributed by atoms with Crippen LogP contribution in [0.25, 0.3) is 0 Å². The third kappa shape index (κ3) is 4.72. The highest BCUT2D eigenvalue weighted by Gasteiger charge is 2.27. The molecule has 1 aromatic carbocycles.